The lowest BCUT2D eigenvalue weighted by Crippen LogP contribution is -2.48. The van der Waals surface area contributed by atoms with E-state index in [9.17, 15) is 4.79 Å². The molecule has 0 aromatic carbocycles. The van der Waals surface area contributed by atoms with E-state index in [1.54, 1.807) is 6.07 Å². The summed E-state index contributed by atoms with van der Waals surface area (Å²) in [6.07, 6.45) is 0.899. The molecule has 0 aliphatic carbocycles. The SMILES string of the molecule is CCc1cc(C(=O)N2CC(C)OC(C)C2)cc(N)n1. The number of pyridine rings is 1. The predicted molar refractivity (Wildman–Crippen MR) is 73.9 cm³/mol. The quantitative estimate of drug-likeness (QED) is 0.877. The molecule has 1 aliphatic heterocycles. The van der Waals surface area contributed by atoms with E-state index >= 15 is 0 Å². The van der Waals surface area contributed by atoms with Crippen LogP contribution in [-0.2, 0) is 11.2 Å². The van der Waals surface area contributed by atoms with E-state index in [4.69, 9.17) is 10.5 Å². The highest BCUT2D eigenvalue weighted by molar-refractivity contribution is 5.95. The van der Waals surface area contributed by atoms with Crippen molar-refractivity contribution in [2.24, 2.45) is 0 Å². The number of carbonyl (C=O) groups excluding carboxylic acids is 1. The topological polar surface area (TPSA) is 68.5 Å². The van der Waals surface area contributed by atoms with Gasteiger partial charge in [0.15, 0.2) is 0 Å². The van der Waals surface area contributed by atoms with Crippen molar-refractivity contribution >= 4 is 11.7 Å². The van der Waals surface area contributed by atoms with E-state index in [1.807, 2.05) is 31.7 Å². The number of nitrogens with two attached hydrogens (primary N) is 1. The fraction of sp³-hybridized carbons (Fsp3) is 0.571. The Hall–Kier alpha value is -1.62. The van der Waals surface area contributed by atoms with Gasteiger partial charge in [-0.15, -0.1) is 0 Å². The number of hydrogen-bond acceptors (Lipinski definition) is 4. The van der Waals surface area contributed by atoms with Crippen LogP contribution >= 0.6 is 0 Å². The predicted octanol–water partition coefficient (Wildman–Crippen LogP) is 1.48. The lowest BCUT2D eigenvalue weighted by molar-refractivity contribution is -0.0586. The molecule has 2 heterocycles. The number of hydrogen-bond donors (Lipinski definition) is 1. The number of aromatic nitrogens is 1. The minimum atomic E-state index is 0.00537. The van der Waals surface area contributed by atoms with E-state index in [2.05, 4.69) is 4.98 Å². The second-order valence-electron chi connectivity index (χ2n) is 5.09. The van der Waals surface area contributed by atoms with Crippen LogP contribution in [0.5, 0.6) is 0 Å². The number of nitrogen functional groups attached to an aromatic ring is 1. The van der Waals surface area contributed by atoms with Gasteiger partial charge in [-0.05, 0) is 32.4 Å². The summed E-state index contributed by atoms with van der Waals surface area (Å²) in [5.41, 5.74) is 7.21. The van der Waals surface area contributed by atoms with Gasteiger partial charge in [-0.1, -0.05) is 6.92 Å². The molecule has 1 saturated heterocycles. The molecule has 2 rings (SSSR count). The van der Waals surface area contributed by atoms with Gasteiger partial charge in [0, 0.05) is 24.3 Å². The van der Waals surface area contributed by atoms with Crippen molar-refractivity contribution in [2.45, 2.75) is 39.4 Å². The Bertz CT molecular complexity index is 466. The maximum atomic E-state index is 12.5. The molecule has 0 bridgehead atoms. The average molecular weight is 263 g/mol. The second kappa shape index (κ2) is 5.57. The van der Waals surface area contributed by atoms with Crippen LogP contribution in [0.3, 0.4) is 0 Å². The number of nitrogens with zero attached hydrogens (tertiary/aromatic N) is 2. The van der Waals surface area contributed by atoms with Crippen molar-refractivity contribution in [2.75, 3.05) is 18.8 Å². The van der Waals surface area contributed by atoms with Gasteiger partial charge in [0.05, 0.1) is 12.2 Å². The van der Waals surface area contributed by atoms with Gasteiger partial charge in [-0.2, -0.15) is 0 Å². The molecule has 19 heavy (non-hydrogen) atoms. The average Bonchev–Trinajstić information content (AvgIpc) is 2.35. The van der Waals surface area contributed by atoms with Crippen molar-refractivity contribution in [3.8, 4) is 0 Å². The van der Waals surface area contributed by atoms with Gasteiger partial charge in [0.25, 0.3) is 5.91 Å². The number of aryl methyl sites for hydroxylation is 1. The van der Waals surface area contributed by atoms with E-state index in [-0.39, 0.29) is 18.1 Å². The van der Waals surface area contributed by atoms with E-state index in [0.29, 0.717) is 24.5 Å². The Balaban J connectivity index is 2.21. The molecule has 2 N–H and O–H groups in total. The van der Waals surface area contributed by atoms with Crippen molar-refractivity contribution in [3.63, 3.8) is 0 Å². The minimum Gasteiger partial charge on any atom is -0.384 e. The van der Waals surface area contributed by atoms with Gasteiger partial charge >= 0.3 is 0 Å². The van der Waals surface area contributed by atoms with E-state index in [0.717, 1.165) is 12.1 Å². The van der Waals surface area contributed by atoms with Gasteiger partial charge in [-0.3, -0.25) is 4.79 Å². The summed E-state index contributed by atoms with van der Waals surface area (Å²) >= 11 is 0. The molecule has 1 aromatic rings. The molecule has 2 unspecified atom stereocenters. The second-order valence-corrected chi connectivity index (χ2v) is 5.09. The molecule has 2 atom stereocenters. The van der Waals surface area contributed by atoms with Crippen LogP contribution in [0.25, 0.3) is 0 Å². The first-order chi connectivity index (χ1) is 8.99. The number of anilines is 1. The van der Waals surface area contributed by atoms with Crippen molar-refractivity contribution in [1.29, 1.82) is 0 Å². The largest absolute Gasteiger partial charge is 0.384 e. The van der Waals surface area contributed by atoms with Crippen LogP contribution in [-0.4, -0.2) is 41.1 Å². The molecule has 1 aliphatic rings. The lowest BCUT2D eigenvalue weighted by atomic mass is 10.1. The highest BCUT2D eigenvalue weighted by atomic mass is 16.5. The molecule has 1 aromatic heterocycles. The van der Waals surface area contributed by atoms with Crippen LogP contribution in [0, 0.1) is 0 Å². The number of rotatable bonds is 2. The van der Waals surface area contributed by atoms with Gasteiger partial charge in [0.1, 0.15) is 5.82 Å². The fourth-order valence-corrected chi connectivity index (χ4v) is 2.44. The Morgan fingerprint density at radius 1 is 1.42 bits per heavy atom. The summed E-state index contributed by atoms with van der Waals surface area (Å²) in [6, 6.07) is 3.47. The molecular formula is C14H21N3O2. The van der Waals surface area contributed by atoms with Crippen molar-refractivity contribution in [1.82, 2.24) is 9.88 Å². The van der Waals surface area contributed by atoms with Crippen LogP contribution in [0.2, 0.25) is 0 Å². The highest BCUT2D eigenvalue weighted by Gasteiger charge is 2.26. The first-order valence-electron chi connectivity index (χ1n) is 6.70. The van der Waals surface area contributed by atoms with E-state index < -0.39 is 0 Å². The standard InChI is InChI=1S/C14H21N3O2/c1-4-12-5-11(6-13(15)16-12)14(18)17-7-9(2)19-10(3)8-17/h5-6,9-10H,4,7-8H2,1-3H3,(H2,15,16). The van der Waals surface area contributed by atoms with Crippen LogP contribution in [0.4, 0.5) is 5.82 Å². The van der Waals surface area contributed by atoms with Crippen LogP contribution < -0.4 is 5.73 Å². The maximum absolute atomic E-state index is 12.5. The molecule has 0 spiro atoms. The zero-order chi connectivity index (χ0) is 14.0. The first kappa shape index (κ1) is 13.8. The Kier molecular flexibility index (Phi) is 4.04. The summed E-state index contributed by atoms with van der Waals surface area (Å²) in [7, 11) is 0. The monoisotopic (exact) mass is 263 g/mol. The fourth-order valence-electron chi connectivity index (χ4n) is 2.44. The summed E-state index contributed by atoms with van der Waals surface area (Å²) < 4.78 is 5.64. The smallest absolute Gasteiger partial charge is 0.254 e. The molecule has 5 nitrogen and oxygen atoms in total. The van der Waals surface area contributed by atoms with Gasteiger partial charge in [-0.25, -0.2) is 4.98 Å². The molecule has 104 valence electrons. The summed E-state index contributed by atoms with van der Waals surface area (Å²) in [5, 5.41) is 0. The third-order valence-electron chi connectivity index (χ3n) is 3.21. The Morgan fingerprint density at radius 3 is 2.63 bits per heavy atom. The van der Waals surface area contributed by atoms with Gasteiger partial charge in [0.2, 0.25) is 0 Å². The number of morpholine rings is 1. The molecule has 5 heteroatoms. The van der Waals surface area contributed by atoms with Gasteiger partial charge < -0.3 is 15.4 Å². The lowest BCUT2D eigenvalue weighted by Gasteiger charge is -2.35. The molecular weight excluding hydrogens is 242 g/mol. The number of amides is 1. The summed E-state index contributed by atoms with van der Waals surface area (Å²) in [5.74, 6) is 0.405. The first-order valence-corrected chi connectivity index (χ1v) is 6.70. The van der Waals surface area contributed by atoms with Crippen molar-refractivity contribution in [3.05, 3.63) is 23.4 Å². The maximum Gasteiger partial charge on any atom is 0.254 e. The summed E-state index contributed by atoms with van der Waals surface area (Å²) in [4.78, 5) is 18.5. The summed E-state index contributed by atoms with van der Waals surface area (Å²) in [6.45, 7) is 7.19. The van der Waals surface area contributed by atoms with Crippen LogP contribution in [0.1, 0.15) is 36.8 Å². The normalized spacial score (nSPS) is 23.4. The Labute approximate surface area is 113 Å². The number of carbonyl (C=O) groups is 1. The zero-order valence-corrected chi connectivity index (χ0v) is 11.7. The Morgan fingerprint density at radius 2 is 2.05 bits per heavy atom. The molecule has 1 fully saturated rings. The third kappa shape index (κ3) is 3.23. The minimum absolute atomic E-state index is 0.00537. The third-order valence-corrected chi connectivity index (χ3v) is 3.21. The molecule has 0 saturated carbocycles. The highest BCUT2D eigenvalue weighted by Crippen LogP contribution is 2.16. The van der Waals surface area contributed by atoms with Crippen molar-refractivity contribution < 1.29 is 9.53 Å². The molecule has 0 radical (unpaired) electrons. The molecule has 1 amide bonds. The zero-order valence-electron chi connectivity index (χ0n) is 11.7. The van der Waals surface area contributed by atoms with Crippen LogP contribution in [0.15, 0.2) is 12.1 Å². The van der Waals surface area contributed by atoms with E-state index in [1.165, 1.54) is 0 Å². The number of ether oxygens (including phenoxy) is 1.